The zero-order chi connectivity index (χ0) is 22.8. The molecule has 1 unspecified atom stereocenters. The number of ether oxygens (including phenoxy) is 3. The van der Waals surface area contributed by atoms with Gasteiger partial charge in [0.05, 0.1) is 20.3 Å². The number of hydrogen-bond donors (Lipinski definition) is 2. The molecular formula is C23H36N6O3. The fourth-order valence-electron chi connectivity index (χ4n) is 3.80. The smallest absolute Gasteiger partial charge is 0.191 e. The van der Waals surface area contributed by atoms with Crippen molar-refractivity contribution in [3.05, 3.63) is 35.4 Å². The molecule has 1 aromatic carbocycles. The number of aromatic nitrogens is 3. The molecule has 2 aromatic rings. The van der Waals surface area contributed by atoms with Crippen LogP contribution in [0, 0.1) is 0 Å². The van der Waals surface area contributed by atoms with Crippen LogP contribution >= 0.6 is 0 Å². The largest absolute Gasteiger partial charge is 0.493 e. The maximum absolute atomic E-state index is 5.68. The average molecular weight is 445 g/mol. The number of hydrogen-bond acceptors (Lipinski definition) is 6. The fraction of sp³-hybridized carbons (Fsp3) is 0.609. The third-order valence-corrected chi connectivity index (χ3v) is 5.28. The Kier molecular flexibility index (Phi) is 9.15. The molecule has 0 spiro atoms. The van der Waals surface area contributed by atoms with Gasteiger partial charge in [0.25, 0.3) is 0 Å². The van der Waals surface area contributed by atoms with Crippen LogP contribution in [0.3, 0.4) is 0 Å². The van der Waals surface area contributed by atoms with Gasteiger partial charge < -0.3 is 24.8 Å². The van der Waals surface area contributed by atoms with Gasteiger partial charge in [-0.25, -0.2) is 9.67 Å². The lowest BCUT2D eigenvalue weighted by molar-refractivity contribution is 0.177. The molecule has 1 aromatic heterocycles. The van der Waals surface area contributed by atoms with Gasteiger partial charge in [-0.2, -0.15) is 5.10 Å². The molecule has 9 heteroatoms. The second kappa shape index (κ2) is 12.3. The van der Waals surface area contributed by atoms with E-state index < -0.39 is 0 Å². The molecule has 0 aliphatic carbocycles. The zero-order valence-electron chi connectivity index (χ0n) is 19.7. The number of nitrogens with zero attached hydrogens (tertiary/aromatic N) is 4. The first-order valence-corrected chi connectivity index (χ1v) is 11.4. The molecule has 2 heterocycles. The zero-order valence-corrected chi connectivity index (χ0v) is 19.7. The van der Waals surface area contributed by atoms with Gasteiger partial charge in [0.15, 0.2) is 23.3 Å². The van der Waals surface area contributed by atoms with Crippen LogP contribution in [0.15, 0.2) is 23.2 Å². The van der Waals surface area contributed by atoms with Crippen molar-refractivity contribution in [2.75, 3.05) is 33.9 Å². The Morgan fingerprint density at radius 2 is 2.12 bits per heavy atom. The highest BCUT2D eigenvalue weighted by atomic mass is 16.5. The Morgan fingerprint density at radius 3 is 2.88 bits per heavy atom. The van der Waals surface area contributed by atoms with Crippen LogP contribution in [-0.2, 0) is 30.7 Å². The Labute approximate surface area is 190 Å². The number of aliphatic imine (C=N–C) groups is 1. The van der Waals surface area contributed by atoms with Crippen LogP contribution in [0.25, 0.3) is 0 Å². The SMILES string of the molecule is CCNC(=NCCCc1ccc(OC)c(OCC)c1)NC1CCc2nc(COC)nn2C1. The standard InChI is InChI=1S/C23H36N6O3/c1-5-24-23(26-18-10-12-22-27-21(16-30-3)28-29(22)15-18)25-13-7-8-17-9-11-19(31-4)20(14-17)32-6-2/h9,11,14,18H,5-8,10,12-13,15-16H2,1-4H3,(H2,24,25,26). The summed E-state index contributed by atoms with van der Waals surface area (Å²) in [5, 5.41) is 11.5. The number of nitrogens with one attached hydrogen (secondary N) is 2. The maximum Gasteiger partial charge on any atom is 0.191 e. The van der Waals surface area contributed by atoms with Crippen molar-refractivity contribution in [1.29, 1.82) is 0 Å². The lowest BCUT2D eigenvalue weighted by Gasteiger charge is -2.25. The minimum Gasteiger partial charge on any atom is -0.493 e. The summed E-state index contributed by atoms with van der Waals surface area (Å²) < 4.78 is 18.2. The molecule has 0 fully saturated rings. The summed E-state index contributed by atoms with van der Waals surface area (Å²) in [7, 11) is 3.33. The summed E-state index contributed by atoms with van der Waals surface area (Å²) in [5.74, 6) is 4.19. The number of aryl methyl sites for hydroxylation is 2. The monoisotopic (exact) mass is 444 g/mol. The summed E-state index contributed by atoms with van der Waals surface area (Å²) >= 11 is 0. The Hall–Kier alpha value is -2.81. The highest BCUT2D eigenvalue weighted by Gasteiger charge is 2.22. The second-order valence-corrected chi connectivity index (χ2v) is 7.72. The van der Waals surface area contributed by atoms with Crippen LogP contribution in [0.4, 0.5) is 0 Å². The molecule has 0 amide bonds. The molecule has 1 atom stereocenters. The number of fused-ring (bicyclic) bond motifs is 1. The molecule has 9 nitrogen and oxygen atoms in total. The van der Waals surface area contributed by atoms with Crippen molar-refractivity contribution in [1.82, 2.24) is 25.4 Å². The maximum atomic E-state index is 5.68. The van der Waals surface area contributed by atoms with Crippen LogP contribution in [-0.4, -0.2) is 60.7 Å². The van der Waals surface area contributed by atoms with E-state index >= 15 is 0 Å². The summed E-state index contributed by atoms with van der Waals surface area (Å²) in [6.45, 7) is 7.46. The minimum absolute atomic E-state index is 0.271. The molecule has 1 aliphatic heterocycles. The predicted octanol–water partition coefficient (Wildman–Crippen LogP) is 2.33. The summed E-state index contributed by atoms with van der Waals surface area (Å²) in [4.78, 5) is 9.32. The molecular weight excluding hydrogens is 408 g/mol. The van der Waals surface area contributed by atoms with Crippen molar-refractivity contribution >= 4 is 5.96 Å². The summed E-state index contributed by atoms with van der Waals surface area (Å²) in [6, 6.07) is 6.39. The van der Waals surface area contributed by atoms with Gasteiger partial charge in [0.1, 0.15) is 12.4 Å². The van der Waals surface area contributed by atoms with Crippen molar-refractivity contribution in [3.63, 3.8) is 0 Å². The van der Waals surface area contributed by atoms with Gasteiger partial charge in [0.2, 0.25) is 0 Å². The van der Waals surface area contributed by atoms with E-state index in [4.69, 9.17) is 19.2 Å². The van der Waals surface area contributed by atoms with Gasteiger partial charge in [-0.05, 0) is 50.8 Å². The van der Waals surface area contributed by atoms with Crippen LogP contribution in [0.5, 0.6) is 11.5 Å². The lowest BCUT2D eigenvalue weighted by atomic mass is 10.1. The number of rotatable bonds is 11. The van der Waals surface area contributed by atoms with Gasteiger partial charge in [-0.3, -0.25) is 4.99 Å². The van der Waals surface area contributed by atoms with E-state index in [1.165, 1.54) is 5.56 Å². The van der Waals surface area contributed by atoms with Crippen molar-refractivity contribution in [2.45, 2.75) is 58.7 Å². The van der Waals surface area contributed by atoms with Crippen LogP contribution in [0.2, 0.25) is 0 Å². The number of benzene rings is 1. The van der Waals surface area contributed by atoms with Gasteiger partial charge in [-0.1, -0.05) is 6.07 Å². The van der Waals surface area contributed by atoms with Crippen molar-refractivity contribution < 1.29 is 14.2 Å². The molecule has 2 N–H and O–H groups in total. The van der Waals surface area contributed by atoms with E-state index in [0.717, 1.165) is 74.4 Å². The quantitative estimate of drug-likeness (QED) is 0.312. The van der Waals surface area contributed by atoms with Gasteiger partial charge >= 0.3 is 0 Å². The molecule has 0 radical (unpaired) electrons. The van der Waals surface area contributed by atoms with E-state index in [9.17, 15) is 0 Å². The molecule has 3 rings (SSSR count). The Morgan fingerprint density at radius 1 is 1.25 bits per heavy atom. The van der Waals surface area contributed by atoms with Crippen LogP contribution in [0.1, 0.15) is 43.9 Å². The minimum atomic E-state index is 0.271. The van der Waals surface area contributed by atoms with Gasteiger partial charge in [-0.15, -0.1) is 0 Å². The first-order valence-electron chi connectivity index (χ1n) is 11.4. The number of methoxy groups -OCH3 is 2. The van der Waals surface area contributed by atoms with E-state index in [-0.39, 0.29) is 6.04 Å². The van der Waals surface area contributed by atoms with E-state index in [0.29, 0.717) is 13.2 Å². The van der Waals surface area contributed by atoms with E-state index in [1.54, 1.807) is 14.2 Å². The Balaban J connectivity index is 1.52. The second-order valence-electron chi connectivity index (χ2n) is 7.72. The van der Waals surface area contributed by atoms with E-state index in [1.807, 2.05) is 17.7 Å². The average Bonchev–Trinajstić information content (AvgIpc) is 3.19. The highest BCUT2D eigenvalue weighted by molar-refractivity contribution is 5.80. The highest BCUT2D eigenvalue weighted by Crippen LogP contribution is 2.28. The predicted molar refractivity (Wildman–Crippen MR) is 124 cm³/mol. The summed E-state index contributed by atoms with van der Waals surface area (Å²) in [5.41, 5.74) is 1.22. The Bertz CT molecular complexity index is 883. The molecule has 176 valence electrons. The topological polar surface area (TPSA) is 94.8 Å². The van der Waals surface area contributed by atoms with Gasteiger partial charge in [0, 0.05) is 32.7 Å². The molecule has 0 saturated carbocycles. The normalized spacial score (nSPS) is 15.9. The van der Waals surface area contributed by atoms with Crippen LogP contribution < -0.4 is 20.1 Å². The molecule has 32 heavy (non-hydrogen) atoms. The fourth-order valence-corrected chi connectivity index (χ4v) is 3.80. The third kappa shape index (κ3) is 6.59. The lowest BCUT2D eigenvalue weighted by Crippen LogP contribution is -2.47. The molecule has 0 saturated heterocycles. The van der Waals surface area contributed by atoms with Crippen molar-refractivity contribution in [3.8, 4) is 11.5 Å². The summed E-state index contributed by atoms with van der Waals surface area (Å²) in [6.07, 6.45) is 3.78. The first kappa shape index (κ1) is 23.8. The van der Waals surface area contributed by atoms with E-state index in [2.05, 4.69) is 39.8 Å². The molecule has 1 aliphatic rings. The molecule has 0 bridgehead atoms. The third-order valence-electron chi connectivity index (χ3n) is 5.28. The first-order chi connectivity index (χ1) is 15.7. The number of guanidine groups is 1. The van der Waals surface area contributed by atoms with Crippen molar-refractivity contribution in [2.24, 2.45) is 4.99 Å².